The fourth-order valence-electron chi connectivity index (χ4n) is 3.01. The molecule has 1 aromatic rings. The maximum Gasteiger partial charge on any atom is 0.338 e. The quantitative estimate of drug-likeness (QED) is 0.197. The van der Waals surface area contributed by atoms with Gasteiger partial charge in [-0.1, -0.05) is 0 Å². The predicted octanol–water partition coefficient (Wildman–Crippen LogP) is 6.58. The van der Waals surface area contributed by atoms with Gasteiger partial charge in [0.25, 0.3) is 0 Å². The molecule has 0 saturated carbocycles. The first kappa shape index (κ1) is 29.8. The summed E-state index contributed by atoms with van der Waals surface area (Å²) >= 11 is 0. The van der Waals surface area contributed by atoms with Gasteiger partial charge in [-0.2, -0.15) is 0 Å². The van der Waals surface area contributed by atoms with Crippen molar-refractivity contribution >= 4 is 22.8 Å². The smallest absolute Gasteiger partial charge is 0.338 e. The van der Waals surface area contributed by atoms with E-state index in [2.05, 4.69) is 0 Å². The zero-order chi connectivity index (χ0) is 24.3. The van der Waals surface area contributed by atoms with Crippen molar-refractivity contribution in [3.05, 3.63) is 23.2 Å². The zero-order valence-corrected chi connectivity index (χ0v) is 22.5. The minimum absolute atomic E-state index is 0.112. The van der Waals surface area contributed by atoms with E-state index in [1.807, 2.05) is 0 Å². The van der Waals surface area contributed by atoms with Gasteiger partial charge in [0.1, 0.15) is 23.8 Å². The van der Waals surface area contributed by atoms with Crippen LogP contribution in [-0.4, -0.2) is 39.6 Å². The van der Waals surface area contributed by atoms with E-state index >= 15 is 0 Å². The molecule has 0 saturated heterocycles. The largest absolute Gasteiger partial charge is 0.464 e. The van der Waals surface area contributed by atoms with E-state index in [-0.39, 0.29) is 69.6 Å². The Morgan fingerprint density at radius 2 is 0.938 bits per heavy atom. The number of hydrogen-bond acceptors (Lipinski definition) is 10. The second-order valence-corrected chi connectivity index (χ2v) is 12.6. The first-order valence-corrected chi connectivity index (χ1v) is 16.0. The molecule has 0 spiro atoms. The molecule has 188 valence electrons. The number of furan rings is 1. The topological polar surface area (TPSA) is 120 Å². The van der Waals surface area contributed by atoms with Crippen LogP contribution in [0.1, 0.15) is 58.6 Å². The van der Waals surface area contributed by atoms with Crippen molar-refractivity contribution in [2.24, 2.45) is 0 Å². The molecule has 10 nitrogen and oxygen atoms in total. The van der Waals surface area contributed by atoms with E-state index < -0.39 is 22.8 Å². The average molecular weight is 518 g/mol. The van der Waals surface area contributed by atoms with Crippen molar-refractivity contribution in [1.29, 1.82) is 0 Å². The molecule has 0 unspecified atom stereocenters. The summed E-state index contributed by atoms with van der Waals surface area (Å²) in [5.41, 5.74) is 0.449. The summed E-state index contributed by atoms with van der Waals surface area (Å²) in [5, 5.41) is 0. The van der Waals surface area contributed by atoms with Gasteiger partial charge >= 0.3 is 22.8 Å². The maximum atomic E-state index is 13.1. The third-order valence-electron chi connectivity index (χ3n) is 3.95. The van der Waals surface area contributed by atoms with Crippen molar-refractivity contribution in [3.8, 4) is 0 Å². The van der Waals surface area contributed by atoms with Gasteiger partial charge in [0, 0.05) is 5.56 Å². The van der Waals surface area contributed by atoms with Crippen molar-refractivity contribution in [2.75, 3.05) is 39.6 Å². The molecule has 0 N–H and O–H groups in total. The third-order valence-corrected chi connectivity index (χ3v) is 9.96. The highest BCUT2D eigenvalue weighted by Crippen LogP contribution is 2.57. The molecular weight excluding hydrogens is 481 g/mol. The Morgan fingerprint density at radius 1 is 0.594 bits per heavy atom. The highest BCUT2D eigenvalue weighted by atomic mass is 31.2. The summed E-state index contributed by atoms with van der Waals surface area (Å²) in [4.78, 5) is 0. The van der Waals surface area contributed by atoms with Gasteiger partial charge in [-0.3, -0.25) is 13.7 Å². The minimum atomic E-state index is -3.52. The molecule has 13 heteroatoms. The Balaban J connectivity index is 3.38. The fourth-order valence-corrected chi connectivity index (χ4v) is 7.99. The lowest BCUT2D eigenvalue weighted by molar-refractivity contribution is 0.214. The maximum absolute atomic E-state index is 13.1. The lowest BCUT2D eigenvalue weighted by Gasteiger charge is -2.18. The molecule has 0 atom stereocenters. The highest BCUT2D eigenvalue weighted by Gasteiger charge is 2.34. The molecule has 0 amide bonds. The Bertz CT molecular complexity index is 743. The first-order chi connectivity index (χ1) is 15.1. The molecule has 0 aromatic carbocycles. The molecule has 0 aliphatic heterocycles. The Hall–Kier alpha value is -0.270. The SMILES string of the molecule is CCOP(=O)(Cc1cc(CP(=O)(OCC)OCC)c(CP(=O)(OCC)OCC)o1)OCC. The summed E-state index contributed by atoms with van der Waals surface area (Å²) in [5.74, 6) is 0.517. The van der Waals surface area contributed by atoms with E-state index in [4.69, 9.17) is 31.6 Å². The Morgan fingerprint density at radius 3 is 1.31 bits per heavy atom. The second kappa shape index (κ2) is 14.2. The van der Waals surface area contributed by atoms with Gasteiger partial charge in [-0.25, -0.2) is 0 Å². The third kappa shape index (κ3) is 9.54. The molecule has 0 bridgehead atoms. The fraction of sp³-hybridized carbons (Fsp3) is 0.789. The lowest BCUT2D eigenvalue weighted by Crippen LogP contribution is -2.02. The lowest BCUT2D eigenvalue weighted by atomic mass is 10.3. The first-order valence-electron chi connectivity index (χ1n) is 10.9. The second-order valence-electron chi connectivity index (χ2n) is 6.47. The number of hydrogen-bond donors (Lipinski definition) is 0. The summed E-state index contributed by atoms with van der Waals surface area (Å²) in [6, 6.07) is 1.59. The van der Waals surface area contributed by atoms with Gasteiger partial charge in [0.05, 0.1) is 45.8 Å². The van der Waals surface area contributed by atoms with Crippen molar-refractivity contribution in [3.63, 3.8) is 0 Å². The highest BCUT2D eigenvalue weighted by molar-refractivity contribution is 7.53. The summed E-state index contributed by atoms with van der Waals surface area (Å²) in [6.07, 6.45) is -0.433. The molecule has 1 heterocycles. The molecule has 0 radical (unpaired) electrons. The van der Waals surface area contributed by atoms with Crippen molar-refractivity contribution < 1.29 is 45.3 Å². The molecule has 0 aliphatic carbocycles. The zero-order valence-electron chi connectivity index (χ0n) is 19.9. The van der Waals surface area contributed by atoms with Gasteiger partial charge < -0.3 is 31.6 Å². The van der Waals surface area contributed by atoms with Crippen LogP contribution in [0.25, 0.3) is 0 Å². The van der Waals surface area contributed by atoms with Crippen molar-refractivity contribution in [1.82, 2.24) is 0 Å². The molecule has 1 rings (SSSR count). The van der Waals surface area contributed by atoms with Crippen LogP contribution in [0.3, 0.4) is 0 Å². The van der Waals surface area contributed by atoms with E-state index in [0.29, 0.717) is 5.56 Å². The standard InChI is InChI=1S/C19H37O10P3/c1-7-23-30(20,24-8-2)14-17-13-18(15-31(21,25-9-3)26-10-4)29-19(17)16-32(22,27-11-5)28-12-6/h13H,7-12,14-16H2,1-6H3. The van der Waals surface area contributed by atoms with Gasteiger partial charge in [-0.05, 0) is 47.6 Å². The van der Waals surface area contributed by atoms with E-state index in [9.17, 15) is 13.7 Å². The van der Waals surface area contributed by atoms with Gasteiger partial charge in [0.15, 0.2) is 0 Å². The number of rotatable bonds is 18. The van der Waals surface area contributed by atoms with Crippen LogP contribution >= 0.6 is 22.8 Å². The predicted molar refractivity (Wildman–Crippen MR) is 122 cm³/mol. The van der Waals surface area contributed by atoms with Crippen LogP contribution < -0.4 is 0 Å². The summed E-state index contributed by atoms with van der Waals surface area (Å²) < 4.78 is 77.3. The van der Waals surface area contributed by atoms with E-state index in [1.165, 1.54) is 0 Å². The monoisotopic (exact) mass is 518 g/mol. The molecule has 32 heavy (non-hydrogen) atoms. The van der Waals surface area contributed by atoms with E-state index in [1.54, 1.807) is 47.6 Å². The van der Waals surface area contributed by atoms with Crippen LogP contribution in [0.4, 0.5) is 0 Å². The van der Waals surface area contributed by atoms with Crippen LogP contribution in [0.2, 0.25) is 0 Å². The minimum Gasteiger partial charge on any atom is -0.464 e. The summed E-state index contributed by atoms with van der Waals surface area (Å²) in [7, 11) is -10.5. The molecule has 0 fully saturated rings. The van der Waals surface area contributed by atoms with E-state index in [0.717, 1.165) is 0 Å². The molecule has 1 aromatic heterocycles. The molecular formula is C19H37O10P3. The Kier molecular flexibility index (Phi) is 13.2. The van der Waals surface area contributed by atoms with Crippen LogP contribution in [0.15, 0.2) is 10.5 Å². The Labute approximate surface area is 191 Å². The van der Waals surface area contributed by atoms with Gasteiger partial charge in [-0.15, -0.1) is 0 Å². The average Bonchev–Trinajstić information content (AvgIpc) is 3.01. The molecule has 0 aliphatic rings. The van der Waals surface area contributed by atoms with Crippen LogP contribution in [0, 0.1) is 0 Å². The van der Waals surface area contributed by atoms with Crippen LogP contribution in [0.5, 0.6) is 0 Å². The van der Waals surface area contributed by atoms with Crippen LogP contribution in [-0.2, 0) is 59.3 Å². The normalized spacial score (nSPS) is 13.1. The van der Waals surface area contributed by atoms with Gasteiger partial charge in [0.2, 0.25) is 0 Å². The summed E-state index contributed by atoms with van der Waals surface area (Å²) in [6.45, 7) is 11.4. The van der Waals surface area contributed by atoms with Crippen molar-refractivity contribution in [2.45, 2.75) is 60.0 Å².